The Kier molecular flexibility index (Phi) is 6.38. The first-order chi connectivity index (χ1) is 20.2. The predicted molar refractivity (Wildman–Crippen MR) is 148 cm³/mol. The molecule has 0 spiro atoms. The molecule has 218 valence electrons. The van der Waals surface area contributed by atoms with E-state index in [-0.39, 0.29) is 47.3 Å². The van der Waals surface area contributed by atoms with Crippen LogP contribution in [0.15, 0.2) is 48.7 Å². The molecule has 8 nitrogen and oxygen atoms in total. The van der Waals surface area contributed by atoms with Gasteiger partial charge in [0, 0.05) is 79.4 Å². The number of likely N-dealkylation sites (N-methyl/N-ethyl adjacent to an activating group) is 1. The Labute approximate surface area is 240 Å². The first kappa shape index (κ1) is 26.8. The molecule has 4 aliphatic rings. The van der Waals surface area contributed by atoms with Crippen LogP contribution in [0.3, 0.4) is 0 Å². The van der Waals surface area contributed by atoms with Gasteiger partial charge in [-0.2, -0.15) is 13.2 Å². The number of carbonyl (C=O) groups is 2. The summed E-state index contributed by atoms with van der Waals surface area (Å²) in [6.45, 7) is 2.36. The number of benzene rings is 2. The van der Waals surface area contributed by atoms with Crippen molar-refractivity contribution in [1.29, 1.82) is 0 Å². The summed E-state index contributed by atoms with van der Waals surface area (Å²) in [5, 5.41) is 2.76. The van der Waals surface area contributed by atoms with Gasteiger partial charge < -0.3 is 24.6 Å². The maximum Gasteiger partial charge on any atom is 0.418 e. The van der Waals surface area contributed by atoms with E-state index in [2.05, 4.69) is 15.2 Å². The summed E-state index contributed by atoms with van der Waals surface area (Å²) in [7, 11) is 1.95. The number of alkyl halides is 3. The minimum absolute atomic E-state index is 0.0233. The monoisotopic (exact) mass is 578 g/mol. The zero-order chi connectivity index (χ0) is 29.2. The molecule has 3 atom stereocenters. The quantitative estimate of drug-likeness (QED) is 0.399. The number of nitrogens with one attached hydrogen (secondary N) is 1. The fourth-order valence-electron chi connectivity index (χ4n) is 6.33. The first-order valence-electron chi connectivity index (χ1n) is 14.1. The average Bonchev–Trinajstić information content (AvgIpc) is 3.48. The summed E-state index contributed by atoms with van der Waals surface area (Å²) in [6, 6.07) is 11.2. The Balaban J connectivity index is 1.06. The fraction of sp³-hybridized carbons (Fsp3) is 0.387. The number of hydrogen-bond acceptors (Lipinski definition) is 7. The maximum absolute atomic E-state index is 14.1. The number of ketones is 1. The molecular formula is C31H29F3N4O4. The summed E-state index contributed by atoms with van der Waals surface area (Å²) < 4.78 is 54.4. The Morgan fingerprint density at radius 2 is 1.90 bits per heavy atom. The molecule has 3 aliphatic heterocycles. The number of halogens is 3. The van der Waals surface area contributed by atoms with Crippen LogP contribution in [0.1, 0.15) is 45.8 Å². The fourth-order valence-corrected chi connectivity index (χ4v) is 6.33. The van der Waals surface area contributed by atoms with Crippen LogP contribution in [-0.4, -0.2) is 60.9 Å². The molecule has 3 aromatic rings. The Bertz CT molecular complexity index is 1580. The van der Waals surface area contributed by atoms with E-state index in [1.165, 1.54) is 12.1 Å². The number of hydrogen-bond donors (Lipinski definition) is 1. The summed E-state index contributed by atoms with van der Waals surface area (Å²) >= 11 is 0. The minimum Gasteiger partial charge on any atom is -0.489 e. The van der Waals surface area contributed by atoms with Gasteiger partial charge in [-0.05, 0) is 55.9 Å². The molecule has 2 fully saturated rings. The molecule has 7 rings (SSSR count). The molecule has 1 N–H and O–H groups in total. The van der Waals surface area contributed by atoms with Crippen LogP contribution in [-0.2, 0) is 17.4 Å². The van der Waals surface area contributed by atoms with Crippen LogP contribution in [0.2, 0.25) is 0 Å². The maximum atomic E-state index is 14.1. The lowest BCUT2D eigenvalue weighted by Gasteiger charge is -2.35. The number of aromatic nitrogens is 1. The van der Waals surface area contributed by atoms with Crippen molar-refractivity contribution in [3.05, 3.63) is 70.9 Å². The van der Waals surface area contributed by atoms with E-state index in [9.17, 15) is 22.8 Å². The number of pyridine rings is 1. The van der Waals surface area contributed by atoms with E-state index in [1.54, 1.807) is 23.2 Å². The van der Waals surface area contributed by atoms with Gasteiger partial charge in [0.2, 0.25) is 5.91 Å². The molecule has 1 saturated carbocycles. The van der Waals surface area contributed by atoms with Gasteiger partial charge in [0.25, 0.3) is 0 Å². The Morgan fingerprint density at radius 3 is 2.69 bits per heavy atom. The zero-order valence-electron chi connectivity index (χ0n) is 22.9. The van der Waals surface area contributed by atoms with Gasteiger partial charge in [-0.25, -0.2) is 4.98 Å². The molecule has 1 aliphatic carbocycles. The number of amides is 1. The standard InChI is InChI=1S/C31H29F3N4O4/c1-37-10-12-38(13-11-37)23-5-2-17(14-22(23)31(32,33)34)24(39)16-21-28-20-15-18(3-6-25(20)42-29(21)28)41-26-8-9-35-30-19(26)4-7-27(40)36-30/h2-3,5-6,8-9,14-15,21,28-29H,4,7,10-13,16H2,1H3,(H,35,36,40)/t21-,28-,29+/m0/s1. The van der Waals surface area contributed by atoms with Crippen molar-refractivity contribution in [3.63, 3.8) is 0 Å². The van der Waals surface area contributed by atoms with Crippen LogP contribution in [0.25, 0.3) is 0 Å². The zero-order valence-corrected chi connectivity index (χ0v) is 22.9. The highest BCUT2D eigenvalue weighted by Crippen LogP contribution is 2.60. The third-order valence-corrected chi connectivity index (χ3v) is 8.69. The van der Waals surface area contributed by atoms with Crippen molar-refractivity contribution < 1.29 is 32.2 Å². The summed E-state index contributed by atoms with van der Waals surface area (Å²) in [4.78, 5) is 33.0. The largest absolute Gasteiger partial charge is 0.489 e. The highest BCUT2D eigenvalue weighted by Gasteiger charge is 2.59. The van der Waals surface area contributed by atoms with Crippen LogP contribution in [0.5, 0.6) is 17.2 Å². The number of fused-ring (bicyclic) bond motifs is 4. The van der Waals surface area contributed by atoms with E-state index < -0.39 is 11.7 Å². The van der Waals surface area contributed by atoms with E-state index >= 15 is 0 Å². The number of anilines is 2. The second-order valence-corrected chi connectivity index (χ2v) is 11.4. The molecule has 0 bridgehead atoms. The SMILES string of the molecule is CN1CCN(c2ccc(C(=O)C[C@@H]3[C@H]4Oc5ccc(Oc6ccnc7c6CCC(=O)N7)cc5[C@@H]34)cc2C(F)(F)F)CC1. The number of Topliss-reactive ketones (excluding diaryl/α,β-unsaturated/α-hetero) is 1. The Hall–Kier alpha value is -4.12. The van der Waals surface area contributed by atoms with Gasteiger partial charge in [0.15, 0.2) is 5.78 Å². The number of nitrogens with zero attached hydrogens (tertiary/aromatic N) is 3. The smallest absolute Gasteiger partial charge is 0.418 e. The van der Waals surface area contributed by atoms with Gasteiger partial charge in [-0.3, -0.25) is 9.59 Å². The minimum atomic E-state index is -4.57. The lowest BCUT2D eigenvalue weighted by Crippen LogP contribution is -2.45. The first-order valence-corrected chi connectivity index (χ1v) is 14.1. The van der Waals surface area contributed by atoms with Gasteiger partial charge >= 0.3 is 6.18 Å². The van der Waals surface area contributed by atoms with Crippen LogP contribution >= 0.6 is 0 Å². The van der Waals surface area contributed by atoms with Crippen molar-refractivity contribution >= 4 is 23.2 Å². The van der Waals surface area contributed by atoms with Gasteiger partial charge in [0.1, 0.15) is 29.2 Å². The van der Waals surface area contributed by atoms with Crippen LogP contribution in [0.4, 0.5) is 24.7 Å². The predicted octanol–water partition coefficient (Wildman–Crippen LogP) is 5.28. The van der Waals surface area contributed by atoms with Crippen LogP contribution < -0.4 is 19.7 Å². The number of piperazine rings is 1. The molecule has 0 unspecified atom stereocenters. The van der Waals surface area contributed by atoms with E-state index in [0.717, 1.165) is 22.9 Å². The van der Waals surface area contributed by atoms with Gasteiger partial charge in [0.05, 0.1) is 5.56 Å². The molecular weight excluding hydrogens is 549 g/mol. The third kappa shape index (κ3) is 4.85. The lowest BCUT2D eigenvalue weighted by molar-refractivity contribution is -0.137. The topological polar surface area (TPSA) is 84.0 Å². The molecule has 11 heteroatoms. The van der Waals surface area contributed by atoms with Crippen molar-refractivity contribution in [2.45, 2.75) is 37.5 Å². The van der Waals surface area contributed by atoms with E-state index in [0.29, 0.717) is 56.3 Å². The second kappa shape index (κ2) is 10.0. The number of rotatable bonds is 6. The average molecular weight is 579 g/mol. The molecule has 4 heterocycles. The van der Waals surface area contributed by atoms with Crippen molar-refractivity contribution in [2.75, 3.05) is 43.4 Å². The van der Waals surface area contributed by atoms with Crippen molar-refractivity contribution in [2.24, 2.45) is 5.92 Å². The van der Waals surface area contributed by atoms with Crippen LogP contribution in [0, 0.1) is 5.92 Å². The third-order valence-electron chi connectivity index (χ3n) is 8.69. The van der Waals surface area contributed by atoms with Gasteiger partial charge in [-0.15, -0.1) is 0 Å². The molecule has 42 heavy (non-hydrogen) atoms. The highest BCUT2D eigenvalue weighted by molar-refractivity contribution is 5.97. The molecule has 1 aromatic heterocycles. The van der Waals surface area contributed by atoms with Gasteiger partial charge in [-0.1, -0.05) is 0 Å². The van der Waals surface area contributed by atoms with Crippen molar-refractivity contribution in [1.82, 2.24) is 9.88 Å². The highest BCUT2D eigenvalue weighted by atomic mass is 19.4. The molecule has 1 amide bonds. The molecule has 2 aromatic carbocycles. The van der Waals surface area contributed by atoms with E-state index in [4.69, 9.17) is 9.47 Å². The second-order valence-electron chi connectivity index (χ2n) is 11.4. The summed E-state index contributed by atoms with van der Waals surface area (Å²) in [6.07, 6.45) is -2.19. The molecule has 1 saturated heterocycles. The lowest BCUT2D eigenvalue weighted by atomic mass is 9.98. The van der Waals surface area contributed by atoms with E-state index in [1.807, 2.05) is 19.2 Å². The summed E-state index contributed by atoms with van der Waals surface area (Å²) in [5.41, 5.74) is 1.18. The normalized spacial score (nSPS) is 22.9. The Morgan fingerprint density at radius 1 is 1.10 bits per heavy atom. The number of carbonyl (C=O) groups excluding carboxylic acids is 2. The summed E-state index contributed by atoms with van der Waals surface area (Å²) in [5.74, 6) is 1.88. The number of ether oxygens (including phenoxy) is 2. The molecule has 0 radical (unpaired) electrons. The van der Waals surface area contributed by atoms with Crippen molar-refractivity contribution in [3.8, 4) is 17.2 Å².